The van der Waals surface area contributed by atoms with Crippen LogP contribution in [-0.2, 0) is 11.4 Å². The van der Waals surface area contributed by atoms with Gasteiger partial charge in [0.2, 0.25) is 11.9 Å². The van der Waals surface area contributed by atoms with Gasteiger partial charge in [0, 0.05) is 23.9 Å². The number of hydrogen-bond acceptors (Lipinski definition) is 5. The third-order valence-electron chi connectivity index (χ3n) is 5.41. The monoisotopic (exact) mass is 413 g/mol. The van der Waals surface area contributed by atoms with Crippen molar-refractivity contribution in [3.05, 3.63) is 71.7 Å². The Balaban J connectivity index is 1.44. The van der Waals surface area contributed by atoms with Crippen LogP contribution in [0.1, 0.15) is 29.7 Å². The van der Waals surface area contributed by atoms with Crippen molar-refractivity contribution in [2.45, 2.75) is 33.3 Å². The Hall–Kier alpha value is -3.74. The van der Waals surface area contributed by atoms with E-state index in [9.17, 15) is 4.79 Å². The topological polar surface area (TPSA) is 81.4 Å². The highest BCUT2D eigenvalue weighted by Crippen LogP contribution is 2.33. The molecule has 1 fully saturated rings. The third-order valence-corrected chi connectivity index (χ3v) is 5.41. The molecule has 7 heteroatoms. The summed E-state index contributed by atoms with van der Waals surface area (Å²) >= 11 is 0. The van der Waals surface area contributed by atoms with Gasteiger partial charge in [0.25, 0.3) is 0 Å². The molecule has 1 N–H and O–H groups in total. The van der Waals surface area contributed by atoms with Gasteiger partial charge in [-0.25, -0.2) is 4.52 Å². The van der Waals surface area contributed by atoms with Gasteiger partial charge in [0.15, 0.2) is 5.65 Å². The van der Waals surface area contributed by atoms with Crippen molar-refractivity contribution in [2.75, 3.05) is 5.32 Å². The molecule has 5 rings (SSSR count). The number of rotatable bonds is 6. The van der Waals surface area contributed by atoms with Gasteiger partial charge >= 0.3 is 0 Å². The summed E-state index contributed by atoms with van der Waals surface area (Å²) in [6, 6.07) is 13.9. The van der Waals surface area contributed by atoms with Crippen LogP contribution in [0.5, 0.6) is 5.75 Å². The zero-order chi connectivity index (χ0) is 21.4. The van der Waals surface area contributed by atoms with E-state index in [2.05, 4.69) is 32.5 Å². The Labute approximate surface area is 180 Å². The highest BCUT2D eigenvalue weighted by molar-refractivity contribution is 5.93. The van der Waals surface area contributed by atoms with Crippen molar-refractivity contribution in [3.63, 3.8) is 0 Å². The summed E-state index contributed by atoms with van der Waals surface area (Å²) in [4.78, 5) is 21.0. The van der Waals surface area contributed by atoms with Crippen molar-refractivity contribution >= 4 is 17.5 Å². The molecule has 0 spiro atoms. The lowest BCUT2D eigenvalue weighted by molar-refractivity contribution is -0.117. The van der Waals surface area contributed by atoms with Crippen molar-refractivity contribution < 1.29 is 9.53 Å². The number of carbonyl (C=O) groups excluding carboxylic acids is 1. The minimum Gasteiger partial charge on any atom is -0.487 e. The van der Waals surface area contributed by atoms with Gasteiger partial charge in [-0.1, -0.05) is 6.07 Å². The summed E-state index contributed by atoms with van der Waals surface area (Å²) in [5.74, 6) is 1.31. The van der Waals surface area contributed by atoms with Crippen LogP contribution in [0.2, 0.25) is 0 Å². The molecule has 0 aliphatic heterocycles. The molecule has 7 nitrogen and oxygen atoms in total. The molecule has 0 radical (unpaired) electrons. The molecule has 1 saturated carbocycles. The Morgan fingerprint density at radius 1 is 1.16 bits per heavy atom. The normalized spacial score (nSPS) is 13.4. The minimum absolute atomic E-state index is 0.00134. The predicted octanol–water partition coefficient (Wildman–Crippen LogP) is 4.34. The number of anilines is 1. The highest BCUT2D eigenvalue weighted by Gasteiger charge is 2.30. The minimum atomic E-state index is -0.00134. The fourth-order valence-corrected chi connectivity index (χ4v) is 3.71. The van der Waals surface area contributed by atoms with Gasteiger partial charge in [0.1, 0.15) is 12.4 Å². The number of pyridine rings is 2. The molecular formula is C24H23N5O2. The van der Waals surface area contributed by atoms with Gasteiger partial charge in [-0.05, 0) is 79.8 Å². The van der Waals surface area contributed by atoms with E-state index in [1.54, 1.807) is 10.7 Å². The van der Waals surface area contributed by atoms with Crippen molar-refractivity contribution in [1.82, 2.24) is 19.6 Å². The molecule has 0 saturated heterocycles. The number of ether oxygens (including phenoxy) is 1. The standard InChI is InChI=1S/C24H23N5O2/c1-15-12-18(13-16(2)21(15)31-14-19-6-3-4-10-25-19)20-7-5-11-29-22(20)26-24(28-29)27-23(30)17-8-9-17/h3-7,10-13,17H,8-9,14H2,1-2H3,(H,27,28,30). The highest BCUT2D eigenvalue weighted by atomic mass is 16.5. The van der Waals surface area contributed by atoms with Crippen molar-refractivity contribution in [3.8, 4) is 16.9 Å². The maximum atomic E-state index is 12.1. The second kappa shape index (κ2) is 7.83. The lowest BCUT2D eigenvalue weighted by Gasteiger charge is -2.14. The zero-order valence-corrected chi connectivity index (χ0v) is 17.5. The number of carbonyl (C=O) groups is 1. The van der Waals surface area contributed by atoms with Gasteiger partial charge in [-0.2, -0.15) is 4.98 Å². The average molecular weight is 413 g/mol. The zero-order valence-electron chi connectivity index (χ0n) is 17.5. The molecule has 31 heavy (non-hydrogen) atoms. The van der Waals surface area contributed by atoms with E-state index in [0.717, 1.165) is 46.5 Å². The predicted molar refractivity (Wildman–Crippen MR) is 118 cm³/mol. The quantitative estimate of drug-likeness (QED) is 0.509. The molecule has 1 aliphatic carbocycles. The number of hydrogen-bond donors (Lipinski definition) is 1. The first kappa shape index (κ1) is 19.2. The van der Waals surface area contributed by atoms with Crippen LogP contribution in [0.25, 0.3) is 16.8 Å². The summed E-state index contributed by atoms with van der Waals surface area (Å²) in [5.41, 5.74) is 5.64. The third kappa shape index (κ3) is 3.99. The van der Waals surface area contributed by atoms with Gasteiger partial charge < -0.3 is 4.74 Å². The fourth-order valence-electron chi connectivity index (χ4n) is 3.71. The molecule has 1 aliphatic rings. The van der Waals surface area contributed by atoms with Gasteiger partial charge in [-0.15, -0.1) is 5.10 Å². The SMILES string of the molecule is Cc1cc(-c2cccn3nc(NC(=O)C4CC4)nc23)cc(C)c1OCc1ccccn1. The number of nitrogens with zero attached hydrogens (tertiary/aromatic N) is 4. The second-order valence-corrected chi connectivity index (χ2v) is 7.94. The van der Waals surface area contributed by atoms with E-state index in [1.165, 1.54) is 0 Å². The van der Waals surface area contributed by atoms with Gasteiger partial charge in [0.05, 0.1) is 5.69 Å². The van der Waals surface area contributed by atoms with Crippen LogP contribution < -0.4 is 10.1 Å². The van der Waals surface area contributed by atoms with Crippen LogP contribution >= 0.6 is 0 Å². The Kier molecular flexibility index (Phi) is 4.86. The first-order chi connectivity index (χ1) is 15.1. The summed E-state index contributed by atoms with van der Waals surface area (Å²) in [5, 5.41) is 7.24. The summed E-state index contributed by atoms with van der Waals surface area (Å²) in [6.07, 6.45) is 5.49. The van der Waals surface area contributed by atoms with Crippen molar-refractivity contribution in [1.29, 1.82) is 0 Å². The number of aromatic nitrogens is 4. The fraction of sp³-hybridized carbons (Fsp3) is 0.250. The summed E-state index contributed by atoms with van der Waals surface area (Å²) in [6.45, 7) is 4.50. The first-order valence-corrected chi connectivity index (χ1v) is 10.4. The van der Waals surface area contributed by atoms with E-state index in [4.69, 9.17) is 4.74 Å². The van der Waals surface area contributed by atoms with Gasteiger partial charge in [-0.3, -0.25) is 15.1 Å². The molecule has 0 unspecified atom stereocenters. The largest absolute Gasteiger partial charge is 0.487 e. The molecule has 4 aromatic rings. The lowest BCUT2D eigenvalue weighted by atomic mass is 10.0. The molecular weight excluding hydrogens is 390 g/mol. The van der Waals surface area contributed by atoms with Crippen LogP contribution in [0, 0.1) is 19.8 Å². The number of benzene rings is 1. The summed E-state index contributed by atoms with van der Waals surface area (Å²) in [7, 11) is 0. The number of aryl methyl sites for hydroxylation is 2. The van der Waals surface area contributed by atoms with E-state index in [-0.39, 0.29) is 11.8 Å². The molecule has 1 aromatic carbocycles. The van der Waals surface area contributed by atoms with Crippen LogP contribution in [0.4, 0.5) is 5.95 Å². The van der Waals surface area contributed by atoms with E-state index in [0.29, 0.717) is 18.2 Å². The summed E-state index contributed by atoms with van der Waals surface area (Å²) < 4.78 is 7.77. The maximum Gasteiger partial charge on any atom is 0.249 e. The van der Waals surface area contributed by atoms with E-state index < -0.39 is 0 Å². The Morgan fingerprint density at radius 2 is 1.97 bits per heavy atom. The lowest BCUT2D eigenvalue weighted by Crippen LogP contribution is -2.14. The number of nitrogens with one attached hydrogen (secondary N) is 1. The average Bonchev–Trinajstić information content (AvgIpc) is 3.53. The maximum absolute atomic E-state index is 12.1. The smallest absolute Gasteiger partial charge is 0.249 e. The van der Waals surface area contributed by atoms with Crippen LogP contribution in [0.15, 0.2) is 54.9 Å². The molecule has 0 bridgehead atoms. The first-order valence-electron chi connectivity index (χ1n) is 10.4. The Bertz CT molecular complexity index is 1240. The molecule has 156 valence electrons. The van der Waals surface area contributed by atoms with Crippen molar-refractivity contribution in [2.24, 2.45) is 5.92 Å². The second-order valence-electron chi connectivity index (χ2n) is 7.94. The molecule has 3 heterocycles. The molecule has 1 amide bonds. The Morgan fingerprint density at radius 3 is 2.68 bits per heavy atom. The number of fused-ring (bicyclic) bond motifs is 1. The van der Waals surface area contributed by atoms with E-state index in [1.807, 2.05) is 50.4 Å². The molecule has 0 atom stereocenters. The van der Waals surface area contributed by atoms with E-state index >= 15 is 0 Å². The molecule has 3 aromatic heterocycles. The van der Waals surface area contributed by atoms with Crippen LogP contribution in [0.3, 0.4) is 0 Å². The number of amides is 1. The van der Waals surface area contributed by atoms with Crippen LogP contribution in [-0.4, -0.2) is 25.5 Å².